The van der Waals surface area contributed by atoms with Gasteiger partial charge in [-0.25, -0.2) is 13.2 Å². The number of halogens is 8. The Labute approximate surface area is 231 Å². The molecule has 0 amide bonds. The predicted molar refractivity (Wildman–Crippen MR) is 140 cm³/mol. The Kier molecular flexibility index (Phi) is 12.1. The highest BCUT2D eigenvalue weighted by Crippen LogP contribution is 2.37. The summed E-state index contributed by atoms with van der Waals surface area (Å²) in [4.78, 5) is 0. The molecule has 0 spiro atoms. The van der Waals surface area contributed by atoms with Gasteiger partial charge in [-0.05, 0) is 78.7 Å². The van der Waals surface area contributed by atoms with Gasteiger partial charge in [0.15, 0.2) is 17.4 Å². The second kappa shape index (κ2) is 15.1. The van der Waals surface area contributed by atoms with Crippen LogP contribution in [0.3, 0.4) is 0 Å². The van der Waals surface area contributed by atoms with Crippen molar-refractivity contribution in [3.05, 3.63) is 53.6 Å². The molecule has 224 valence electrons. The lowest BCUT2D eigenvalue weighted by Crippen LogP contribution is -2.34. The van der Waals surface area contributed by atoms with Gasteiger partial charge in [0.05, 0.1) is 6.67 Å². The van der Waals surface area contributed by atoms with Gasteiger partial charge in [-0.3, -0.25) is 4.39 Å². The van der Waals surface area contributed by atoms with Crippen molar-refractivity contribution in [1.29, 1.82) is 0 Å². The molecule has 0 bridgehead atoms. The molecular formula is C31H38F8O. The van der Waals surface area contributed by atoms with E-state index in [0.29, 0.717) is 37.2 Å². The molecule has 2 aromatic rings. The van der Waals surface area contributed by atoms with E-state index < -0.39 is 36.1 Å². The maximum Gasteiger partial charge on any atom is 0.461 e. The van der Waals surface area contributed by atoms with Gasteiger partial charge in [0, 0.05) is 0 Å². The van der Waals surface area contributed by atoms with E-state index in [1.807, 2.05) is 0 Å². The number of rotatable bonds is 9. The molecule has 2 saturated carbocycles. The number of benzene rings is 2. The van der Waals surface area contributed by atoms with Crippen molar-refractivity contribution in [3.8, 4) is 16.9 Å². The van der Waals surface area contributed by atoms with Gasteiger partial charge >= 0.3 is 12.5 Å². The third-order valence-corrected chi connectivity index (χ3v) is 8.04. The van der Waals surface area contributed by atoms with Crippen LogP contribution in [0.4, 0.5) is 35.1 Å². The summed E-state index contributed by atoms with van der Waals surface area (Å²) in [6, 6.07) is 8.23. The molecular weight excluding hydrogens is 540 g/mol. The number of ether oxygens (including phenoxy) is 1. The van der Waals surface area contributed by atoms with Gasteiger partial charge in [-0.2, -0.15) is 17.6 Å². The van der Waals surface area contributed by atoms with Crippen molar-refractivity contribution in [1.82, 2.24) is 0 Å². The first kappa shape index (κ1) is 32.2. The van der Waals surface area contributed by atoms with Crippen molar-refractivity contribution in [3.63, 3.8) is 0 Å². The maximum atomic E-state index is 14.0. The lowest BCUT2D eigenvalue weighted by Gasteiger charge is -2.27. The first-order valence-corrected chi connectivity index (χ1v) is 14.2. The minimum atomic E-state index is -5.01. The molecule has 0 heterocycles. The van der Waals surface area contributed by atoms with Crippen LogP contribution in [-0.4, -0.2) is 25.4 Å². The smallest absolute Gasteiger partial charge is 0.422 e. The van der Waals surface area contributed by atoms with Gasteiger partial charge < -0.3 is 4.74 Å². The average Bonchev–Trinajstić information content (AvgIpc) is 2.93. The SMILES string of the molecule is CCCC1CCC(CCF)CC1.Fc1cc(-c2ccc(C3CCC(F)CC3)cc2)cc(F)c1OC(F)(F)C(F)F. The summed E-state index contributed by atoms with van der Waals surface area (Å²) < 4.78 is 107. The zero-order chi connectivity index (χ0) is 29.3. The second-order valence-electron chi connectivity index (χ2n) is 11.0. The van der Waals surface area contributed by atoms with E-state index in [1.54, 1.807) is 24.3 Å². The van der Waals surface area contributed by atoms with Crippen molar-refractivity contribution >= 4 is 0 Å². The van der Waals surface area contributed by atoms with E-state index in [9.17, 15) is 35.1 Å². The van der Waals surface area contributed by atoms with Crippen molar-refractivity contribution in [2.75, 3.05) is 6.67 Å². The molecule has 0 N–H and O–H groups in total. The lowest BCUT2D eigenvalue weighted by molar-refractivity contribution is -0.255. The largest absolute Gasteiger partial charge is 0.461 e. The highest BCUT2D eigenvalue weighted by Gasteiger charge is 2.45. The molecule has 0 aromatic heterocycles. The first-order valence-electron chi connectivity index (χ1n) is 14.2. The fourth-order valence-electron chi connectivity index (χ4n) is 5.71. The van der Waals surface area contributed by atoms with E-state index in [4.69, 9.17) is 0 Å². The molecule has 0 aliphatic heterocycles. The predicted octanol–water partition coefficient (Wildman–Crippen LogP) is 10.8. The molecule has 0 unspecified atom stereocenters. The summed E-state index contributed by atoms with van der Waals surface area (Å²) in [5.74, 6) is -2.70. The van der Waals surface area contributed by atoms with E-state index in [1.165, 1.54) is 38.5 Å². The van der Waals surface area contributed by atoms with Gasteiger partial charge in [-0.15, -0.1) is 0 Å². The van der Waals surface area contributed by atoms with Crippen molar-refractivity contribution in [2.45, 2.75) is 102 Å². The third-order valence-electron chi connectivity index (χ3n) is 8.04. The fraction of sp³-hybridized carbons (Fsp3) is 0.613. The Hall–Kier alpha value is -2.32. The fourth-order valence-corrected chi connectivity index (χ4v) is 5.71. The van der Waals surface area contributed by atoms with Crippen LogP contribution in [-0.2, 0) is 0 Å². The molecule has 0 radical (unpaired) electrons. The van der Waals surface area contributed by atoms with Crippen molar-refractivity contribution < 1.29 is 39.9 Å². The maximum absolute atomic E-state index is 14.0. The van der Waals surface area contributed by atoms with Crippen molar-refractivity contribution in [2.24, 2.45) is 11.8 Å². The van der Waals surface area contributed by atoms with E-state index in [0.717, 1.165) is 30.0 Å². The highest BCUT2D eigenvalue weighted by molar-refractivity contribution is 5.65. The van der Waals surface area contributed by atoms with Gasteiger partial charge in [-0.1, -0.05) is 69.7 Å². The Balaban J connectivity index is 0.000000307. The quantitative estimate of drug-likeness (QED) is 0.269. The third kappa shape index (κ3) is 9.10. The van der Waals surface area contributed by atoms with Gasteiger partial charge in [0.2, 0.25) is 0 Å². The highest BCUT2D eigenvalue weighted by atomic mass is 19.3. The molecule has 2 aliphatic carbocycles. The van der Waals surface area contributed by atoms with E-state index in [2.05, 4.69) is 11.7 Å². The summed E-state index contributed by atoms with van der Waals surface area (Å²) in [7, 11) is 0. The molecule has 0 saturated heterocycles. The molecule has 40 heavy (non-hydrogen) atoms. The molecule has 1 nitrogen and oxygen atoms in total. The van der Waals surface area contributed by atoms with Crippen LogP contribution in [0.15, 0.2) is 36.4 Å². The summed E-state index contributed by atoms with van der Waals surface area (Å²) in [6.45, 7) is 2.15. The second-order valence-corrected chi connectivity index (χ2v) is 11.0. The summed E-state index contributed by atoms with van der Waals surface area (Å²) in [6.07, 6.45) is 1.22. The van der Waals surface area contributed by atoms with Crippen LogP contribution in [0.5, 0.6) is 5.75 Å². The summed E-state index contributed by atoms with van der Waals surface area (Å²) in [5.41, 5.74) is 1.43. The van der Waals surface area contributed by atoms with Crippen LogP contribution in [0.25, 0.3) is 11.1 Å². The number of hydrogen-bond acceptors (Lipinski definition) is 1. The van der Waals surface area contributed by atoms with Crippen LogP contribution in [0, 0.1) is 23.5 Å². The summed E-state index contributed by atoms with van der Waals surface area (Å²) in [5, 5.41) is 0. The average molecular weight is 579 g/mol. The van der Waals surface area contributed by atoms with Crippen LogP contribution >= 0.6 is 0 Å². The lowest BCUT2D eigenvalue weighted by atomic mass is 9.79. The van der Waals surface area contributed by atoms with Crippen LogP contribution < -0.4 is 4.74 Å². The molecule has 2 aromatic carbocycles. The number of alkyl halides is 6. The van der Waals surface area contributed by atoms with E-state index in [-0.39, 0.29) is 18.2 Å². The summed E-state index contributed by atoms with van der Waals surface area (Å²) >= 11 is 0. The zero-order valence-electron chi connectivity index (χ0n) is 22.8. The molecule has 4 rings (SSSR count). The Bertz CT molecular complexity index is 989. The Morgan fingerprint density at radius 2 is 1.32 bits per heavy atom. The monoisotopic (exact) mass is 578 g/mol. The zero-order valence-corrected chi connectivity index (χ0v) is 22.8. The number of hydrogen-bond donors (Lipinski definition) is 0. The minimum Gasteiger partial charge on any atom is -0.422 e. The van der Waals surface area contributed by atoms with Crippen LogP contribution in [0.1, 0.15) is 89.0 Å². The Morgan fingerprint density at radius 1 is 0.800 bits per heavy atom. The molecule has 2 fully saturated rings. The molecule has 0 atom stereocenters. The topological polar surface area (TPSA) is 9.23 Å². The normalized spacial score (nSPS) is 23.4. The van der Waals surface area contributed by atoms with Gasteiger partial charge in [0.1, 0.15) is 6.17 Å². The van der Waals surface area contributed by atoms with Crippen LogP contribution in [0.2, 0.25) is 0 Å². The standard InChI is InChI=1S/C20H17F7O.C11H21F/c21-15-7-5-12(6-8-15)11-1-3-13(4-2-11)14-9-16(22)18(17(23)10-14)28-20(26,27)19(24)25;1-2-3-10-4-6-11(7-5-10)8-9-12/h1-4,9-10,12,15,19H,5-8H2;10-11H,2-9H2,1H3. The van der Waals surface area contributed by atoms with Gasteiger partial charge in [0.25, 0.3) is 0 Å². The molecule has 9 heteroatoms. The first-order chi connectivity index (χ1) is 19.0. The minimum absolute atomic E-state index is 0.0433. The molecule has 2 aliphatic rings. The Morgan fingerprint density at radius 3 is 1.80 bits per heavy atom. The van der Waals surface area contributed by atoms with E-state index >= 15 is 0 Å².